The third-order valence-electron chi connectivity index (χ3n) is 4.67. The van der Waals surface area contributed by atoms with Crippen molar-refractivity contribution in [3.63, 3.8) is 0 Å². The topological polar surface area (TPSA) is 58.2 Å². The molecule has 0 atom stereocenters. The molecule has 0 bridgehead atoms. The molecule has 0 spiro atoms. The minimum Gasteiger partial charge on any atom is -0.355 e. The van der Waals surface area contributed by atoms with Crippen molar-refractivity contribution in [3.05, 3.63) is 65.5 Å². The van der Waals surface area contributed by atoms with Gasteiger partial charge in [0, 0.05) is 6.54 Å². The molecule has 0 saturated heterocycles. The quantitative estimate of drug-likeness (QED) is 0.441. The minimum atomic E-state index is -1.66. The summed E-state index contributed by atoms with van der Waals surface area (Å²) in [5, 5.41) is 4.93. The highest BCUT2D eigenvalue weighted by Crippen LogP contribution is 2.47. The summed E-state index contributed by atoms with van der Waals surface area (Å²) in [7, 11) is 0. The third-order valence-corrected chi connectivity index (χ3v) is 4.67. The Morgan fingerprint density at radius 3 is 2.30 bits per heavy atom. The van der Waals surface area contributed by atoms with Crippen LogP contribution < -0.4 is 10.6 Å². The summed E-state index contributed by atoms with van der Waals surface area (Å²) in [6, 6.07) is 11.4. The van der Waals surface area contributed by atoms with Crippen LogP contribution in [0.1, 0.15) is 24.8 Å². The van der Waals surface area contributed by atoms with E-state index in [2.05, 4.69) is 10.6 Å². The first kappa shape index (κ1) is 18.9. The Hall–Kier alpha value is -2.83. The molecule has 1 aliphatic carbocycles. The minimum absolute atomic E-state index is 0.328. The Labute approximate surface area is 154 Å². The SMILES string of the molecule is O=C(NCCCc1ccccc1)C1(C(=O)Nc2ccc(F)c(F)c2F)CC1. The fraction of sp³-hybridized carbons (Fsp3) is 0.300. The van der Waals surface area contributed by atoms with E-state index < -0.39 is 40.4 Å². The van der Waals surface area contributed by atoms with Gasteiger partial charge < -0.3 is 10.6 Å². The van der Waals surface area contributed by atoms with Crippen LogP contribution in [0, 0.1) is 22.9 Å². The van der Waals surface area contributed by atoms with Crippen LogP contribution in [0.5, 0.6) is 0 Å². The van der Waals surface area contributed by atoms with Gasteiger partial charge in [0.1, 0.15) is 5.41 Å². The summed E-state index contributed by atoms with van der Waals surface area (Å²) < 4.78 is 40.0. The number of carbonyl (C=O) groups excluding carboxylic acids is 2. The van der Waals surface area contributed by atoms with Gasteiger partial charge >= 0.3 is 0 Å². The molecule has 1 saturated carbocycles. The van der Waals surface area contributed by atoms with Gasteiger partial charge in [-0.3, -0.25) is 9.59 Å². The van der Waals surface area contributed by atoms with Gasteiger partial charge in [0.25, 0.3) is 0 Å². The van der Waals surface area contributed by atoms with Crippen molar-refractivity contribution in [2.24, 2.45) is 5.41 Å². The molecule has 3 rings (SSSR count). The molecule has 1 fully saturated rings. The Morgan fingerprint density at radius 2 is 1.63 bits per heavy atom. The number of benzene rings is 2. The van der Waals surface area contributed by atoms with Gasteiger partial charge in [-0.2, -0.15) is 0 Å². The number of hydrogen-bond donors (Lipinski definition) is 2. The average Bonchev–Trinajstić information content (AvgIpc) is 3.48. The Balaban J connectivity index is 1.54. The van der Waals surface area contributed by atoms with Crippen LogP contribution in [0.4, 0.5) is 18.9 Å². The molecule has 2 N–H and O–H groups in total. The van der Waals surface area contributed by atoms with E-state index in [1.165, 1.54) is 0 Å². The Kier molecular flexibility index (Phi) is 5.48. The summed E-state index contributed by atoms with van der Waals surface area (Å²) in [6.45, 7) is 0.405. The molecule has 0 aliphatic heterocycles. The van der Waals surface area contributed by atoms with Crippen molar-refractivity contribution in [2.75, 3.05) is 11.9 Å². The fourth-order valence-corrected chi connectivity index (χ4v) is 2.85. The van der Waals surface area contributed by atoms with Crippen molar-refractivity contribution in [1.82, 2.24) is 5.32 Å². The molecular formula is C20H19F3N2O2. The van der Waals surface area contributed by atoms with Gasteiger partial charge in [-0.05, 0) is 43.4 Å². The van der Waals surface area contributed by atoms with Gasteiger partial charge in [0.15, 0.2) is 17.5 Å². The second-order valence-electron chi connectivity index (χ2n) is 6.60. The number of nitrogens with one attached hydrogen (secondary N) is 2. The molecule has 0 radical (unpaired) electrons. The predicted molar refractivity (Wildman–Crippen MR) is 94.4 cm³/mol. The molecule has 4 nitrogen and oxygen atoms in total. The zero-order valence-corrected chi connectivity index (χ0v) is 14.5. The summed E-state index contributed by atoms with van der Waals surface area (Å²) >= 11 is 0. The van der Waals surface area contributed by atoms with Crippen molar-refractivity contribution < 1.29 is 22.8 Å². The van der Waals surface area contributed by atoms with E-state index in [1.54, 1.807) is 0 Å². The van der Waals surface area contributed by atoms with Crippen LogP contribution in [0.25, 0.3) is 0 Å². The van der Waals surface area contributed by atoms with Crippen LogP contribution in [0.15, 0.2) is 42.5 Å². The van der Waals surface area contributed by atoms with E-state index in [0.29, 0.717) is 25.8 Å². The van der Waals surface area contributed by atoms with Gasteiger partial charge in [-0.25, -0.2) is 13.2 Å². The number of rotatable bonds is 7. The monoisotopic (exact) mass is 376 g/mol. The maximum atomic E-state index is 13.7. The molecule has 1 aliphatic rings. The number of aryl methyl sites for hydroxylation is 1. The predicted octanol–water partition coefficient (Wildman–Crippen LogP) is 3.57. The molecular weight excluding hydrogens is 357 g/mol. The highest BCUT2D eigenvalue weighted by molar-refractivity contribution is 6.13. The summed E-state index contributed by atoms with van der Waals surface area (Å²) in [4.78, 5) is 24.8. The normalized spacial score (nSPS) is 14.5. The molecule has 0 heterocycles. The van der Waals surface area contributed by atoms with Crippen LogP contribution in [-0.4, -0.2) is 18.4 Å². The first-order chi connectivity index (χ1) is 12.9. The summed E-state index contributed by atoms with van der Waals surface area (Å²) in [5.41, 5.74) is -0.606. The van der Waals surface area contributed by atoms with Crippen LogP contribution in [0.3, 0.4) is 0 Å². The molecule has 2 aromatic carbocycles. The second kappa shape index (κ2) is 7.82. The van der Waals surface area contributed by atoms with Crippen molar-refractivity contribution >= 4 is 17.5 Å². The standard InChI is InChI=1S/C20H19F3N2O2/c21-14-8-9-15(17(23)16(14)22)25-19(27)20(10-11-20)18(26)24-12-4-7-13-5-2-1-3-6-13/h1-3,5-6,8-9H,4,7,10-12H2,(H,24,26)(H,25,27). The number of anilines is 1. The summed E-state index contributed by atoms with van der Waals surface area (Å²) in [6.07, 6.45) is 2.16. The lowest BCUT2D eigenvalue weighted by atomic mass is 10.0. The van der Waals surface area contributed by atoms with E-state index in [1.807, 2.05) is 30.3 Å². The van der Waals surface area contributed by atoms with Gasteiger partial charge in [-0.15, -0.1) is 0 Å². The molecule has 2 amide bonds. The summed E-state index contributed by atoms with van der Waals surface area (Å²) in [5.74, 6) is -5.64. The smallest absolute Gasteiger partial charge is 0.240 e. The molecule has 27 heavy (non-hydrogen) atoms. The third kappa shape index (κ3) is 4.13. The lowest BCUT2D eigenvalue weighted by Crippen LogP contribution is -2.40. The molecule has 2 aromatic rings. The van der Waals surface area contributed by atoms with Crippen molar-refractivity contribution in [1.29, 1.82) is 0 Å². The number of amides is 2. The van der Waals surface area contributed by atoms with Gasteiger partial charge in [0.2, 0.25) is 11.8 Å². The zero-order chi connectivity index (χ0) is 19.4. The van der Waals surface area contributed by atoms with Gasteiger partial charge in [-0.1, -0.05) is 30.3 Å². The molecule has 0 aromatic heterocycles. The molecule has 0 unspecified atom stereocenters. The van der Waals surface area contributed by atoms with Gasteiger partial charge in [0.05, 0.1) is 5.69 Å². The number of halogens is 3. The van der Waals surface area contributed by atoms with Crippen molar-refractivity contribution in [2.45, 2.75) is 25.7 Å². The first-order valence-corrected chi connectivity index (χ1v) is 8.71. The van der Waals surface area contributed by atoms with E-state index in [0.717, 1.165) is 24.1 Å². The average molecular weight is 376 g/mol. The van der Waals surface area contributed by atoms with Crippen LogP contribution in [-0.2, 0) is 16.0 Å². The largest absolute Gasteiger partial charge is 0.355 e. The lowest BCUT2D eigenvalue weighted by Gasteiger charge is -2.16. The molecule has 142 valence electrons. The first-order valence-electron chi connectivity index (χ1n) is 8.71. The Bertz CT molecular complexity index is 852. The second-order valence-corrected chi connectivity index (χ2v) is 6.60. The zero-order valence-electron chi connectivity index (χ0n) is 14.5. The number of carbonyl (C=O) groups is 2. The van der Waals surface area contributed by atoms with Crippen molar-refractivity contribution in [3.8, 4) is 0 Å². The maximum Gasteiger partial charge on any atom is 0.240 e. The van der Waals surface area contributed by atoms with Crippen LogP contribution in [0.2, 0.25) is 0 Å². The highest BCUT2D eigenvalue weighted by Gasteiger charge is 2.56. The van der Waals surface area contributed by atoms with E-state index in [-0.39, 0.29) is 0 Å². The lowest BCUT2D eigenvalue weighted by molar-refractivity contribution is -0.134. The highest BCUT2D eigenvalue weighted by atomic mass is 19.2. The fourth-order valence-electron chi connectivity index (χ4n) is 2.85. The number of hydrogen-bond acceptors (Lipinski definition) is 2. The maximum absolute atomic E-state index is 13.7. The molecule has 7 heteroatoms. The Morgan fingerprint density at radius 1 is 0.926 bits per heavy atom. The van der Waals surface area contributed by atoms with E-state index in [9.17, 15) is 22.8 Å². The van der Waals surface area contributed by atoms with E-state index >= 15 is 0 Å². The van der Waals surface area contributed by atoms with Crippen LogP contribution >= 0.6 is 0 Å². The van der Waals surface area contributed by atoms with E-state index in [4.69, 9.17) is 0 Å².